The summed E-state index contributed by atoms with van der Waals surface area (Å²) in [6, 6.07) is 2.35. The van der Waals surface area contributed by atoms with Crippen molar-refractivity contribution in [1.82, 2.24) is 4.72 Å². The highest BCUT2D eigenvalue weighted by Crippen LogP contribution is 2.24. The number of hydrogen-bond donors (Lipinski definition) is 2. The molecule has 0 saturated heterocycles. The Labute approximate surface area is 105 Å². The van der Waals surface area contributed by atoms with Crippen LogP contribution in [0.2, 0.25) is 0 Å². The Balaban J connectivity index is 3.06. The van der Waals surface area contributed by atoms with Crippen LogP contribution in [0, 0.1) is 10.1 Å². The Bertz CT molecular complexity index is 600. The van der Waals surface area contributed by atoms with Crippen LogP contribution in [0.5, 0.6) is 0 Å². The third kappa shape index (κ3) is 4.06. The van der Waals surface area contributed by atoms with Crippen LogP contribution >= 0.6 is 0 Å². The Morgan fingerprint density at radius 3 is 2.37 bits per heavy atom. The highest BCUT2D eigenvalue weighted by molar-refractivity contribution is 7.89. The standard InChI is InChI=1S/C8H8F3N3O4S/c9-8(10,11)4-13-19(17,18)7-2-1-5(14(15)16)3-6(7)12/h1-3,13H,4,12H2. The molecule has 0 unspecified atom stereocenters. The third-order valence-corrected chi connectivity index (χ3v) is 3.43. The molecule has 0 atom stereocenters. The number of non-ortho nitro benzene ring substituents is 1. The number of sulfonamides is 1. The first-order valence-electron chi connectivity index (χ1n) is 4.63. The van der Waals surface area contributed by atoms with Gasteiger partial charge >= 0.3 is 6.18 Å². The lowest BCUT2D eigenvalue weighted by Gasteiger charge is -2.10. The van der Waals surface area contributed by atoms with Crippen LogP contribution in [-0.4, -0.2) is 26.1 Å². The summed E-state index contributed by atoms with van der Waals surface area (Å²) < 4.78 is 60.1. The maximum Gasteiger partial charge on any atom is 0.402 e. The van der Waals surface area contributed by atoms with Crippen molar-refractivity contribution in [1.29, 1.82) is 0 Å². The predicted octanol–water partition coefficient (Wildman–Crippen LogP) is 1.02. The minimum Gasteiger partial charge on any atom is -0.397 e. The highest BCUT2D eigenvalue weighted by Gasteiger charge is 2.30. The smallest absolute Gasteiger partial charge is 0.397 e. The summed E-state index contributed by atoms with van der Waals surface area (Å²) in [6.07, 6.45) is -4.72. The monoisotopic (exact) mass is 299 g/mol. The van der Waals surface area contributed by atoms with Crippen LogP contribution in [-0.2, 0) is 10.0 Å². The minimum absolute atomic E-state index is 0.465. The number of halogens is 3. The second kappa shape index (κ2) is 5.01. The molecule has 0 aliphatic rings. The Morgan fingerprint density at radius 1 is 1.37 bits per heavy atom. The number of nitrogens with two attached hydrogens (primary N) is 1. The molecule has 0 aliphatic heterocycles. The molecule has 3 N–H and O–H groups in total. The average molecular weight is 299 g/mol. The SMILES string of the molecule is Nc1cc([N+](=O)[O-])ccc1S(=O)(=O)NCC(F)(F)F. The number of hydrogen-bond acceptors (Lipinski definition) is 5. The fraction of sp³-hybridized carbons (Fsp3) is 0.250. The molecule has 0 aromatic heterocycles. The largest absolute Gasteiger partial charge is 0.402 e. The van der Waals surface area contributed by atoms with E-state index in [0.29, 0.717) is 0 Å². The van der Waals surface area contributed by atoms with Gasteiger partial charge < -0.3 is 5.73 Å². The minimum atomic E-state index is -4.72. The van der Waals surface area contributed by atoms with Crippen molar-refractivity contribution in [2.24, 2.45) is 0 Å². The van der Waals surface area contributed by atoms with E-state index in [9.17, 15) is 31.7 Å². The van der Waals surface area contributed by atoms with E-state index in [4.69, 9.17) is 5.73 Å². The summed E-state index contributed by atoms with van der Waals surface area (Å²) in [7, 11) is -4.48. The molecule has 1 rings (SSSR count). The molecule has 19 heavy (non-hydrogen) atoms. The molecule has 1 aromatic carbocycles. The Kier molecular flexibility index (Phi) is 4.00. The fourth-order valence-corrected chi connectivity index (χ4v) is 2.27. The zero-order valence-electron chi connectivity index (χ0n) is 9.14. The Morgan fingerprint density at radius 2 is 1.95 bits per heavy atom. The molecule has 106 valence electrons. The van der Waals surface area contributed by atoms with E-state index in [1.54, 1.807) is 0 Å². The third-order valence-electron chi connectivity index (χ3n) is 1.96. The number of nitrogens with one attached hydrogen (secondary N) is 1. The number of nitro groups is 1. The van der Waals surface area contributed by atoms with Crippen molar-refractivity contribution in [2.75, 3.05) is 12.3 Å². The lowest BCUT2D eigenvalue weighted by atomic mass is 10.3. The number of benzene rings is 1. The van der Waals surface area contributed by atoms with Crippen LogP contribution < -0.4 is 10.5 Å². The van der Waals surface area contributed by atoms with Gasteiger partial charge in [0, 0.05) is 12.1 Å². The molecule has 1 aromatic rings. The summed E-state index contributed by atoms with van der Waals surface area (Å²) >= 11 is 0. The van der Waals surface area contributed by atoms with E-state index in [1.807, 2.05) is 0 Å². The number of rotatable bonds is 4. The average Bonchev–Trinajstić information content (AvgIpc) is 2.25. The first-order valence-corrected chi connectivity index (χ1v) is 6.11. The normalized spacial score (nSPS) is 12.4. The topological polar surface area (TPSA) is 115 Å². The zero-order chi connectivity index (χ0) is 14.8. The van der Waals surface area contributed by atoms with Crippen molar-refractivity contribution in [3.8, 4) is 0 Å². The number of nitrogens with zero attached hydrogens (tertiary/aromatic N) is 1. The van der Waals surface area contributed by atoms with Crippen molar-refractivity contribution in [3.05, 3.63) is 28.3 Å². The fourth-order valence-electron chi connectivity index (χ4n) is 1.15. The quantitative estimate of drug-likeness (QED) is 0.489. The van der Waals surface area contributed by atoms with Gasteiger partial charge in [-0.25, -0.2) is 13.1 Å². The van der Waals surface area contributed by atoms with Crippen molar-refractivity contribution < 1.29 is 26.5 Å². The number of nitrogen functional groups attached to an aromatic ring is 1. The summed E-state index contributed by atoms with van der Waals surface area (Å²) in [5.74, 6) is 0. The molecule has 0 fully saturated rings. The van der Waals surface area contributed by atoms with E-state index >= 15 is 0 Å². The second-order valence-electron chi connectivity index (χ2n) is 3.42. The lowest BCUT2D eigenvalue weighted by molar-refractivity contribution is -0.384. The van der Waals surface area contributed by atoms with Crippen molar-refractivity contribution in [3.63, 3.8) is 0 Å². The molecule has 0 spiro atoms. The van der Waals surface area contributed by atoms with E-state index in [1.165, 1.54) is 4.72 Å². The van der Waals surface area contributed by atoms with E-state index < -0.39 is 43.9 Å². The zero-order valence-corrected chi connectivity index (χ0v) is 9.96. The van der Waals surface area contributed by atoms with Gasteiger partial charge in [-0.2, -0.15) is 13.2 Å². The first kappa shape index (κ1) is 15.2. The van der Waals surface area contributed by atoms with Gasteiger partial charge in [-0.3, -0.25) is 10.1 Å². The number of nitro benzene ring substituents is 1. The van der Waals surface area contributed by atoms with Crippen LogP contribution in [0.1, 0.15) is 0 Å². The summed E-state index contributed by atoms with van der Waals surface area (Å²) in [5, 5.41) is 10.4. The summed E-state index contributed by atoms with van der Waals surface area (Å²) in [5.41, 5.74) is 4.30. The van der Waals surface area contributed by atoms with Crippen molar-refractivity contribution >= 4 is 21.4 Å². The molecule has 0 amide bonds. The van der Waals surface area contributed by atoms with Gasteiger partial charge in [0.15, 0.2) is 0 Å². The van der Waals surface area contributed by atoms with Gasteiger partial charge in [-0.15, -0.1) is 0 Å². The molecule has 0 aliphatic carbocycles. The van der Waals surface area contributed by atoms with Crippen LogP contribution in [0.3, 0.4) is 0 Å². The van der Waals surface area contributed by atoms with Gasteiger partial charge in [0.2, 0.25) is 10.0 Å². The molecular formula is C8H8F3N3O4S. The maximum absolute atomic E-state index is 11.9. The predicted molar refractivity (Wildman–Crippen MR) is 58.8 cm³/mol. The first-order chi connectivity index (χ1) is 8.53. The van der Waals surface area contributed by atoms with Crippen LogP contribution in [0.15, 0.2) is 23.1 Å². The number of alkyl halides is 3. The van der Waals surface area contributed by atoms with Crippen LogP contribution in [0.4, 0.5) is 24.5 Å². The Hall–Kier alpha value is -1.88. The summed E-state index contributed by atoms with van der Waals surface area (Å²) in [4.78, 5) is 8.95. The molecular weight excluding hydrogens is 291 g/mol. The second-order valence-corrected chi connectivity index (χ2v) is 5.15. The maximum atomic E-state index is 11.9. The molecule has 0 saturated carbocycles. The molecule has 7 nitrogen and oxygen atoms in total. The van der Waals surface area contributed by atoms with E-state index in [2.05, 4.69) is 0 Å². The van der Waals surface area contributed by atoms with Gasteiger partial charge in [0.1, 0.15) is 11.4 Å². The van der Waals surface area contributed by atoms with E-state index in [-0.39, 0.29) is 0 Å². The molecule has 0 heterocycles. The van der Waals surface area contributed by atoms with Crippen molar-refractivity contribution in [2.45, 2.75) is 11.1 Å². The van der Waals surface area contributed by atoms with Crippen LogP contribution in [0.25, 0.3) is 0 Å². The van der Waals surface area contributed by atoms with E-state index in [0.717, 1.165) is 18.2 Å². The van der Waals surface area contributed by atoms with Gasteiger partial charge in [0.25, 0.3) is 5.69 Å². The van der Waals surface area contributed by atoms with Gasteiger partial charge in [0.05, 0.1) is 10.6 Å². The number of anilines is 1. The van der Waals surface area contributed by atoms with Gasteiger partial charge in [-0.1, -0.05) is 0 Å². The highest BCUT2D eigenvalue weighted by atomic mass is 32.2. The lowest BCUT2D eigenvalue weighted by Crippen LogP contribution is -2.34. The molecule has 11 heteroatoms. The van der Waals surface area contributed by atoms with Gasteiger partial charge in [-0.05, 0) is 6.07 Å². The molecule has 0 radical (unpaired) electrons. The molecule has 0 bridgehead atoms. The summed E-state index contributed by atoms with van der Waals surface area (Å²) in [6.45, 7) is -1.76.